The Bertz CT molecular complexity index is 2190. The molecule has 12 nitrogen and oxygen atoms in total. The maximum atomic E-state index is 14.6. The van der Waals surface area contributed by atoms with Crippen molar-refractivity contribution in [1.29, 1.82) is 0 Å². The minimum absolute atomic E-state index is 0.0837. The van der Waals surface area contributed by atoms with Crippen LogP contribution in [0.5, 0.6) is 5.88 Å². The second-order valence-corrected chi connectivity index (χ2v) is 15.6. The first-order valence-corrected chi connectivity index (χ1v) is 18.9. The van der Waals surface area contributed by atoms with E-state index in [0.29, 0.717) is 31.0 Å². The van der Waals surface area contributed by atoms with Crippen molar-refractivity contribution in [2.45, 2.75) is 70.4 Å². The zero-order valence-corrected chi connectivity index (χ0v) is 30.4. The fourth-order valence-electron chi connectivity index (χ4n) is 7.18. The molecule has 1 amide bonds. The molecule has 0 saturated carbocycles. The average molecular weight is 710 g/mol. The van der Waals surface area contributed by atoms with E-state index >= 15 is 0 Å². The van der Waals surface area contributed by atoms with E-state index in [1.807, 2.05) is 49.7 Å². The third kappa shape index (κ3) is 7.18. The third-order valence-corrected chi connectivity index (χ3v) is 11.1. The number of amides is 1. The summed E-state index contributed by atoms with van der Waals surface area (Å²) in [6.45, 7) is 9.73. The van der Waals surface area contributed by atoms with Crippen molar-refractivity contribution in [3.05, 3.63) is 88.9 Å². The Kier molecular flexibility index (Phi) is 9.51. The number of aryl methyl sites for hydroxylation is 3. The van der Waals surface area contributed by atoms with Crippen LogP contribution in [0.25, 0.3) is 22.4 Å². The van der Waals surface area contributed by atoms with Crippen molar-refractivity contribution in [2.24, 2.45) is 13.0 Å². The molecule has 3 aromatic heterocycles. The molecular formula is C38H43N7O5S. The van der Waals surface area contributed by atoms with Gasteiger partial charge in [0.15, 0.2) is 5.65 Å². The molecule has 1 fully saturated rings. The molecule has 2 aliphatic heterocycles. The van der Waals surface area contributed by atoms with Crippen LogP contribution in [0, 0.1) is 19.8 Å². The highest BCUT2D eigenvalue weighted by atomic mass is 32.2. The normalized spacial score (nSPS) is 19.2. The Balaban J connectivity index is 1.35. The molecule has 5 heterocycles. The van der Waals surface area contributed by atoms with E-state index in [1.165, 1.54) is 12.1 Å². The van der Waals surface area contributed by atoms with Gasteiger partial charge in [-0.1, -0.05) is 38.1 Å². The summed E-state index contributed by atoms with van der Waals surface area (Å²) in [5.41, 5.74) is 6.79. The van der Waals surface area contributed by atoms with Gasteiger partial charge >= 0.3 is 0 Å². The van der Waals surface area contributed by atoms with E-state index in [4.69, 9.17) is 19.4 Å². The smallest absolute Gasteiger partial charge is 0.264 e. The molecule has 2 aliphatic rings. The Morgan fingerprint density at radius 2 is 1.78 bits per heavy atom. The minimum atomic E-state index is -4.19. The number of anilines is 1. The predicted octanol–water partition coefficient (Wildman–Crippen LogP) is 6.19. The van der Waals surface area contributed by atoms with Crippen LogP contribution in [0.2, 0.25) is 0 Å². The lowest BCUT2D eigenvalue weighted by atomic mass is 9.93. The number of nitrogens with one attached hydrogen (secondary N) is 1. The van der Waals surface area contributed by atoms with Crippen LogP contribution in [0.3, 0.4) is 0 Å². The number of aromatic nitrogens is 5. The van der Waals surface area contributed by atoms with Gasteiger partial charge in [0.05, 0.1) is 35.1 Å². The van der Waals surface area contributed by atoms with E-state index in [0.717, 1.165) is 46.4 Å². The van der Waals surface area contributed by atoms with Gasteiger partial charge in [0, 0.05) is 43.1 Å². The van der Waals surface area contributed by atoms with Crippen LogP contribution in [-0.2, 0) is 28.4 Å². The largest absolute Gasteiger partial charge is 0.475 e. The zero-order valence-electron chi connectivity index (χ0n) is 29.6. The van der Waals surface area contributed by atoms with Gasteiger partial charge in [-0.3, -0.25) is 9.78 Å². The number of benzene rings is 2. The van der Waals surface area contributed by atoms with E-state index in [9.17, 15) is 13.2 Å². The Morgan fingerprint density at radius 3 is 2.53 bits per heavy atom. The van der Waals surface area contributed by atoms with Gasteiger partial charge in [0.25, 0.3) is 15.9 Å². The Hall–Kier alpha value is -4.88. The number of sulfonamides is 1. The maximum Gasteiger partial charge on any atom is 0.264 e. The topological polar surface area (TPSA) is 141 Å². The number of nitrogens with zero attached hydrogens (tertiary/aromatic N) is 6. The number of hydrogen-bond donors (Lipinski definition) is 1. The van der Waals surface area contributed by atoms with Crippen molar-refractivity contribution in [3.8, 4) is 17.1 Å². The first-order valence-electron chi connectivity index (χ1n) is 17.4. The molecule has 4 bridgehead atoms. The molecule has 0 unspecified atom stereocenters. The van der Waals surface area contributed by atoms with E-state index in [1.54, 1.807) is 29.3 Å². The van der Waals surface area contributed by atoms with Crippen LogP contribution in [0.15, 0.2) is 65.7 Å². The summed E-state index contributed by atoms with van der Waals surface area (Å²) in [5.74, 6) is 0.192. The first-order chi connectivity index (χ1) is 24.5. The molecule has 1 N–H and O–H groups in total. The molecule has 2 atom stereocenters. The number of fused-ring (bicyclic) bond motifs is 5. The highest BCUT2D eigenvalue weighted by molar-refractivity contribution is 7.92. The van der Waals surface area contributed by atoms with Crippen LogP contribution in [0.4, 0.5) is 5.95 Å². The van der Waals surface area contributed by atoms with Crippen molar-refractivity contribution in [3.63, 3.8) is 0 Å². The molecule has 1 saturated heterocycles. The second-order valence-electron chi connectivity index (χ2n) is 13.9. The van der Waals surface area contributed by atoms with Gasteiger partial charge in [-0.15, -0.1) is 0 Å². The van der Waals surface area contributed by atoms with Crippen molar-refractivity contribution in [2.75, 3.05) is 24.5 Å². The molecule has 13 heteroatoms. The number of carbonyl (C=O) groups is 1. The summed E-state index contributed by atoms with van der Waals surface area (Å²) < 4.78 is 44.4. The molecule has 5 aromatic rings. The molecule has 266 valence electrons. The number of carbonyl (C=O) groups excluding carboxylic acids is 1. The number of ether oxygens (including phenoxy) is 2. The molecular weight excluding hydrogens is 667 g/mol. The Labute approximate surface area is 298 Å². The standard InChI is InChI=1S/C38H43N7O5S/c1-23(2)33-17-32-36(44(33)5)40-28(19-39-32)20-45-29(15-26-11-8-14-49-21-26)22-50-34-18-31(35-24(3)9-6-10-25(35)4)41-38(42-34)43-51(47,48)30-13-7-12-27(16-30)37(45)46/h6-7,9-10,12-13,16-19,23,26,29H,8,11,14-15,20-22H2,1-5H3,(H,41,42,43)/t26-,29-/m1/s1. The molecule has 0 spiro atoms. The predicted molar refractivity (Wildman–Crippen MR) is 194 cm³/mol. The fourth-order valence-corrected chi connectivity index (χ4v) is 8.17. The van der Waals surface area contributed by atoms with Gasteiger partial charge in [-0.2, -0.15) is 4.98 Å². The van der Waals surface area contributed by atoms with E-state index < -0.39 is 16.1 Å². The fraction of sp³-hybridized carbons (Fsp3) is 0.395. The van der Waals surface area contributed by atoms with Crippen molar-refractivity contribution < 1.29 is 22.7 Å². The quantitative estimate of drug-likeness (QED) is 0.219. The van der Waals surface area contributed by atoms with Gasteiger partial charge in [0.1, 0.15) is 12.1 Å². The lowest BCUT2D eigenvalue weighted by molar-refractivity contribution is 0.0250. The maximum absolute atomic E-state index is 14.6. The van der Waals surface area contributed by atoms with E-state index in [2.05, 4.69) is 28.5 Å². The van der Waals surface area contributed by atoms with Crippen LogP contribution in [0.1, 0.15) is 71.9 Å². The molecule has 0 aliphatic carbocycles. The average Bonchev–Trinajstić information content (AvgIpc) is 3.44. The molecule has 7 rings (SSSR count). The summed E-state index contributed by atoms with van der Waals surface area (Å²) in [4.78, 5) is 35.2. The minimum Gasteiger partial charge on any atom is -0.475 e. The van der Waals surface area contributed by atoms with Crippen LogP contribution >= 0.6 is 0 Å². The number of rotatable bonds is 6. The molecule has 2 aromatic carbocycles. The third-order valence-electron chi connectivity index (χ3n) is 9.79. The van der Waals surface area contributed by atoms with Gasteiger partial charge < -0.3 is 18.9 Å². The monoisotopic (exact) mass is 709 g/mol. The number of hydrogen-bond acceptors (Lipinski definition) is 9. The SMILES string of the molecule is Cc1cccc(C)c1-c1cc2nc(n1)NS(=O)(=O)c1cccc(c1)C(=O)N(Cc1cnc3cc(C(C)C)n(C)c3n1)[C@H](C[C@H]1CCCOC1)CO2. The Morgan fingerprint density at radius 1 is 1.00 bits per heavy atom. The first kappa shape index (κ1) is 34.6. The van der Waals surface area contributed by atoms with Crippen molar-refractivity contribution in [1.82, 2.24) is 29.4 Å². The summed E-state index contributed by atoms with van der Waals surface area (Å²) in [7, 11) is -2.22. The second kappa shape index (κ2) is 14.0. The van der Waals surface area contributed by atoms with Gasteiger partial charge in [-0.25, -0.2) is 23.1 Å². The molecule has 0 radical (unpaired) electrons. The summed E-state index contributed by atoms with van der Waals surface area (Å²) in [6, 6.07) is 15.3. The van der Waals surface area contributed by atoms with E-state index in [-0.39, 0.29) is 53.2 Å². The van der Waals surface area contributed by atoms with Gasteiger partial charge in [-0.05, 0) is 80.3 Å². The summed E-state index contributed by atoms with van der Waals surface area (Å²) in [5, 5.41) is 0. The van der Waals surface area contributed by atoms with Gasteiger partial charge in [0.2, 0.25) is 11.8 Å². The lowest BCUT2D eigenvalue weighted by Crippen LogP contribution is -2.45. The highest BCUT2D eigenvalue weighted by Gasteiger charge is 2.32. The van der Waals surface area contributed by atoms with Crippen molar-refractivity contribution >= 4 is 33.0 Å². The highest BCUT2D eigenvalue weighted by Crippen LogP contribution is 2.31. The molecule has 51 heavy (non-hydrogen) atoms. The summed E-state index contributed by atoms with van der Waals surface area (Å²) in [6.07, 6.45) is 4.19. The van der Waals surface area contributed by atoms with Crippen LogP contribution in [-0.4, -0.2) is 69.6 Å². The van der Waals surface area contributed by atoms with Crippen LogP contribution < -0.4 is 9.46 Å². The summed E-state index contributed by atoms with van der Waals surface area (Å²) >= 11 is 0. The zero-order chi connectivity index (χ0) is 35.9. The lowest BCUT2D eigenvalue weighted by Gasteiger charge is -2.35.